The minimum absolute atomic E-state index is 0.0384. The van der Waals surface area contributed by atoms with Gasteiger partial charge in [-0.2, -0.15) is 4.98 Å². The number of amides is 1. The molecule has 1 amide bonds. The summed E-state index contributed by atoms with van der Waals surface area (Å²) < 4.78 is 19.1. The smallest absolute Gasteiger partial charge is 0.249 e. The molecule has 0 spiro atoms. The molecule has 0 saturated carbocycles. The Morgan fingerprint density at radius 2 is 2.28 bits per heavy atom. The van der Waals surface area contributed by atoms with Gasteiger partial charge in [0.15, 0.2) is 5.82 Å². The van der Waals surface area contributed by atoms with Crippen LogP contribution in [0.2, 0.25) is 0 Å². The fourth-order valence-electron chi connectivity index (χ4n) is 3.58. The highest BCUT2D eigenvalue weighted by Gasteiger charge is 2.36. The van der Waals surface area contributed by atoms with Crippen molar-refractivity contribution in [3.63, 3.8) is 0 Å². The quantitative estimate of drug-likeness (QED) is 0.842. The molecule has 1 unspecified atom stereocenters. The molecular weight excluding hydrogens is 325 g/mol. The zero-order chi connectivity index (χ0) is 17.4. The van der Waals surface area contributed by atoms with Crippen molar-refractivity contribution in [1.29, 1.82) is 0 Å². The molecule has 0 aromatic carbocycles. The number of carbonyl (C=O) groups excluding carboxylic acids is 1. The predicted molar refractivity (Wildman–Crippen MR) is 85.9 cm³/mol. The van der Waals surface area contributed by atoms with Crippen LogP contribution in [0.1, 0.15) is 49.0 Å². The lowest BCUT2D eigenvalue weighted by molar-refractivity contribution is -0.130. The minimum Gasteiger partial charge on any atom is -0.337 e. The summed E-state index contributed by atoms with van der Waals surface area (Å²) in [7, 11) is 0. The first-order valence-corrected chi connectivity index (χ1v) is 8.53. The third-order valence-corrected chi connectivity index (χ3v) is 4.97. The van der Waals surface area contributed by atoms with E-state index >= 15 is 0 Å². The summed E-state index contributed by atoms with van der Waals surface area (Å²) in [5.74, 6) is 1.16. The molecule has 0 radical (unpaired) electrons. The Labute approximate surface area is 144 Å². The highest BCUT2D eigenvalue weighted by atomic mass is 19.1. The lowest BCUT2D eigenvalue weighted by Gasteiger charge is -2.37. The number of aromatic nitrogens is 3. The fourth-order valence-corrected chi connectivity index (χ4v) is 3.58. The van der Waals surface area contributed by atoms with Gasteiger partial charge >= 0.3 is 0 Å². The van der Waals surface area contributed by atoms with Gasteiger partial charge in [0.05, 0.1) is 6.20 Å². The molecular formula is C17H20FN5O2. The van der Waals surface area contributed by atoms with Crippen molar-refractivity contribution in [2.45, 2.75) is 38.3 Å². The number of likely N-dealkylation sites (tertiary alicyclic amines) is 2. The van der Waals surface area contributed by atoms with Gasteiger partial charge in [0.25, 0.3) is 0 Å². The van der Waals surface area contributed by atoms with E-state index in [0.29, 0.717) is 23.8 Å². The molecule has 4 heterocycles. The number of carbonyl (C=O) groups is 1. The highest BCUT2D eigenvalue weighted by molar-refractivity contribution is 5.74. The van der Waals surface area contributed by atoms with Gasteiger partial charge < -0.3 is 9.42 Å². The number of hydrogen-bond acceptors (Lipinski definition) is 6. The van der Waals surface area contributed by atoms with Crippen molar-refractivity contribution < 1.29 is 13.7 Å². The Bertz CT molecular complexity index is 774. The third kappa shape index (κ3) is 3.13. The molecule has 4 rings (SSSR count). The lowest BCUT2D eigenvalue weighted by atomic mass is 9.98. The molecule has 2 saturated heterocycles. The summed E-state index contributed by atoms with van der Waals surface area (Å²) in [4.78, 5) is 23.9. The van der Waals surface area contributed by atoms with E-state index in [9.17, 15) is 9.18 Å². The van der Waals surface area contributed by atoms with Crippen molar-refractivity contribution in [3.8, 4) is 0 Å². The van der Waals surface area contributed by atoms with Crippen LogP contribution in [-0.2, 0) is 11.3 Å². The maximum absolute atomic E-state index is 13.6. The molecule has 8 heteroatoms. The van der Waals surface area contributed by atoms with Gasteiger partial charge in [-0.1, -0.05) is 5.16 Å². The molecule has 25 heavy (non-hydrogen) atoms. The summed E-state index contributed by atoms with van der Waals surface area (Å²) in [5.41, 5.74) is 0.644. The van der Waals surface area contributed by atoms with Crippen molar-refractivity contribution in [1.82, 2.24) is 24.9 Å². The Morgan fingerprint density at radius 3 is 3.04 bits per heavy atom. The van der Waals surface area contributed by atoms with Crippen molar-refractivity contribution in [3.05, 3.63) is 41.6 Å². The molecule has 0 N–H and O–H groups in total. The van der Waals surface area contributed by atoms with Crippen LogP contribution in [0, 0.1) is 5.82 Å². The van der Waals surface area contributed by atoms with E-state index in [4.69, 9.17) is 4.52 Å². The summed E-state index contributed by atoms with van der Waals surface area (Å²) in [6.45, 7) is 4.39. The van der Waals surface area contributed by atoms with E-state index in [1.807, 2.05) is 0 Å². The van der Waals surface area contributed by atoms with Gasteiger partial charge in [-0.15, -0.1) is 0 Å². The molecule has 0 bridgehead atoms. The van der Waals surface area contributed by atoms with Gasteiger partial charge in [0.1, 0.15) is 11.9 Å². The van der Waals surface area contributed by atoms with Crippen LogP contribution < -0.4 is 0 Å². The summed E-state index contributed by atoms with van der Waals surface area (Å²) >= 11 is 0. The molecule has 7 nitrogen and oxygen atoms in total. The Kier molecular flexibility index (Phi) is 4.20. The molecule has 2 aromatic rings. The Morgan fingerprint density at radius 1 is 1.44 bits per heavy atom. The van der Waals surface area contributed by atoms with Gasteiger partial charge in [0.2, 0.25) is 11.8 Å². The molecule has 0 aliphatic carbocycles. The van der Waals surface area contributed by atoms with Crippen LogP contribution in [-0.4, -0.2) is 50.5 Å². The van der Waals surface area contributed by atoms with Crippen LogP contribution in [0.25, 0.3) is 0 Å². The normalized spacial score (nSPS) is 21.5. The average Bonchev–Trinajstić information content (AvgIpc) is 3.20. The molecule has 1 atom stereocenters. The van der Waals surface area contributed by atoms with Crippen molar-refractivity contribution in [2.75, 3.05) is 19.6 Å². The second kappa shape index (κ2) is 6.51. The van der Waals surface area contributed by atoms with Crippen molar-refractivity contribution >= 4 is 5.91 Å². The number of pyridine rings is 1. The standard InChI is InChI=1S/C17H20FN5O2/c1-11(24)23-6-2-3-15(23)17-20-16(21-25-17)13-9-22(10-13)8-12-4-5-19-7-14(12)18/h4-5,7,13,15H,2-3,6,8-10H2,1H3. The second-order valence-electron chi connectivity index (χ2n) is 6.72. The zero-order valence-electron chi connectivity index (χ0n) is 14.1. The minimum atomic E-state index is -0.279. The van der Waals surface area contributed by atoms with E-state index in [1.165, 1.54) is 6.20 Å². The topological polar surface area (TPSA) is 75.4 Å². The first-order chi connectivity index (χ1) is 12.1. The maximum Gasteiger partial charge on any atom is 0.249 e. The maximum atomic E-state index is 13.6. The third-order valence-electron chi connectivity index (χ3n) is 4.97. The van der Waals surface area contributed by atoms with Gasteiger partial charge in [0, 0.05) is 50.8 Å². The Balaban J connectivity index is 1.37. The van der Waals surface area contributed by atoms with Gasteiger partial charge in [-0.05, 0) is 18.9 Å². The van der Waals surface area contributed by atoms with E-state index in [0.717, 1.165) is 32.5 Å². The second-order valence-corrected chi connectivity index (χ2v) is 6.72. The van der Waals surface area contributed by atoms with E-state index < -0.39 is 0 Å². The van der Waals surface area contributed by atoms with Gasteiger partial charge in [-0.3, -0.25) is 14.7 Å². The molecule has 2 aliphatic rings. The molecule has 132 valence electrons. The van der Waals surface area contributed by atoms with Crippen LogP contribution in [0.3, 0.4) is 0 Å². The van der Waals surface area contributed by atoms with E-state index in [1.54, 1.807) is 24.1 Å². The number of rotatable bonds is 4. The van der Waals surface area contributed by atoms with E-state index in [2.05, 4.69) is 20.0 Å². The number of nitrogens with zero attached hydrogens (tertiary/aromatic N) is 5. The fraction of sp³-hybridized carbons (Fsp3) is 0.529. The van der Waals surface area contributed by atoms with Gasteiger partial charge in [-0.25, -0.2) is 4.39 Å². The monoisotopic (exact) mass is 345 g/mol. The number of hydrogen-bond donors (Lipinski definition) is 0. The lowest BCUT2D eigenvalue weighted by Crippen LogP contribution is -2.44. The first kappa shape index (κ1) is 16.1. The largest absolute Gasteiger partial charge is 0.337 e. The predicted octanol–water partition coefficient (Wildman–Crippen LogP) is 1.89. The van der Waals surface area contributed by atoms with Crippen LogP contribution >= 0.6 is 0 Å². The zero-order valence-corrected chi connectivity index (χ0v) is 14.1. The highest BCUT2D eigenvalue weighted by Crippen LogP contribution is 2.33. The van der Waals surface area contributed by atoms with E-state index in [-0.39, 0.29) is 23.7 Å². The van der Waals surface area contributed by atoms with Crippen LogP contribution in [0.15, 0.2) is 23.0 Å². The van der Waals surface area contributed by atoms with Crippen LogP contribution in [0.5, 0.6) is 0 Å². The molecule has 2 fully saturated rings. The summed E-state index contributed by atoms with van der Waals surface area (Å²) in [6, 6.07) is 1.60. The summed E-state index contributed by atoms with van der Waals surface area (Å²) in [6.07, 6.45) is 4.65. The first-order valence-electron chi connectivity index (χ1n) is 8.53. The van der Waals surface area contributed by atoms with Crippen LogP contribution in [0.4, 0.5) is 4.39 Å². The average molecular weight is 345 g/mol. The summed E-state index contributed by atoms with van der Waals surface area (Å²) in [5, 5.41) is 4.10. The number of halogens is 1. The molecule has 2 aliphatic heterocycles. The SMILES string of the molecule is CC(=O)N1CCCC1c1nc(C2CN(Cc3ccncc3F)C2)no1. The Hall–Kier alpha value is -2.35. The molecule has 2 aromatic heterocycles. The van der Waals surface area contributed by atoms with Crippen molar-refractivity contribution in [2.24, 2.45) is 0 Å².